The van der Waals surface area contributed by atoms with Crippen molar-refractivity contribution >= 4 is 0 Å². The van der Waals surface area contributed by atoms with Crippen molar-refractivity contribution < 1.29 is 0 Å². The minimum atomic E-state index is 0.819. The van der Waals surface area contributed by atoms with Gasteiger partial charge in [-0.1, -0.05) is 24.3 Å². The third kappa shape index (κ3) is 3.11. The van der Waals surface area contributed by atoms with Crippen LogP contribution in [-0.4, -0.2) is 19.6 Å². The van der Waals surface area contributed by atoms with Gasteiger partial charge in [-0.25, -0.2) is 0 Å². The summed E-state index contributed by atoms with van der Waals surface area (Å²) in [6, 6.07) is 12.9. The maximum Gasteiger partial charge on any atom is 0.0662 e. The Morgan fingerprint density at radius 3 is 1.32 bits per heavy atom. The number of rotatable bonds is 4. The van der Waals surface area contributed by atoms with Crippen LogP contribution >= 0.6 is 0 Å². The normalized spacial score (nSPS) is 11.1. The van der Waals surface area contributed by atoms with E-state index in [1.54, 1.807) is 0 Å². The van der Waals surface area contributed by atoms with Crippen LogP contribution in [0, 0.1) is 27.7 Å². The summed E-state index contributed by atoms with van der Waals surface area (Å²) in [5.41, 5.74) is 7.07. The molecule has 4 nitrogen and oxygen atoms in total. The van der Waals surface area contributed by atoms with E-state index in [-0.39, 0.29) is 0 Å². The molecule has 0 saturated heterocycles. The number of hydrogen-bond donors (Lipinski definition) is 0. The molecule has 0 atom stereocenters. The lowest BCUT2D eigenvalue weighted by molar-refractivity contribution is 0.652. The standard InChI is InChI=1S/C18H22N4/c1-13-9-15(3)21(19-13)11-17-5-7-18(8-6-17)12-22-16(4)10-14(2)20-22/h5-10H,11-12H2,1-4H3. The molecular formula is C18H22N4. The fourth-order valence-electron chi connectivity index (χ4n) is 2.77. The highest BCUT2D eigenvalue weighted by atomic mass is 15.3. The van der Waals surface area contributed by atoms with Gasteiger partial charge in [-0.2, -0.15) is 10.2 Å². The summed E-state index contributed by atoms with van der Waals surface area (Å²) >= 11 is 0. The van der Waals surface area contributed by atoms with Crippen molar-refractivity contribution in [1.29, 1.82) is 0 Å². The van der Waals surface area contributed by atoms with Gasteiger partial charge in [-0.3, -0.25) is 9.36 Å². The zero-order chi connectivity index (χ0) is 15.7. The molecule has 2 heterocycles. The molecule has 0 aliphatic heterocycles. The maximum absolute atomic E-state index is 4.51. The van der Waals surface area contributed by atoms with Gasteiger partial charge in [-0.05, 0) is 51.0 Å². The van der Waals surface area contributed by atoms with E-state index in [1.807, 2.05) is 23.2 Å². The molecular weight excluding hydrogens is 272 g/mol. The van der Waals surface area contributed by atoms with E-state index in [0.29, 0.717) is 0 Å². The van der Waals surface area contributed by atoms with Crippen molar-refractivity contribution in [3.8, 4) is 0 Å². The Balaban J connectivity index is 1.72. The van der Waals surface area contributed by atoms with Crippen molar-refractivity contribution in [3.63, 3.8) is 0 Å². The summed E-state index contributed by atoms with van der Waals surface area (Å²) in [4.78, 5) is 0. The van der Waals surface area contributed by atoms with Gasteiger partial charge in [0, 0.05) is 11.4 Å². The Kier molecular flexibility index (Phi) is 3.84. The van der Waals surface area contributed by atoms with E-state index in [1.165, 1.54) is 22.5 Å². The quantitative estimate of drug-likeness (QED) is 0.739. The van der Waals surface area contributed by atoms with Crippen LogP contribution in [0.25, 0.3) is 0 Å². The van der Waals surface area contributed by atoms with Crippen LogP contribution < -0.4 is 0 Å². The summed E-state index contributed by atoms with van der Waals surface area (Å²) in [6.07, 6.45) is 0. The van der Waals surface area contributed by atoms with Crippen LogP contribution in [-0.2, 0) is 13.1 Å². The van der Waals surface area contributed by atoms with E-state index in [4.69, 9.17) is 0 Å². The lowest BCUT2D eigenvalue weighted by Crippen LogP contribution is -2.06. The first kappa shape index (κ1) is 14.6. The molecule has 0 spiro atoms. The molecule has 114 valence electrons. The maximum atomic E-state index is 4.51. The Morgan fingerprint density at radius 2 is 1.05 bits per heavy atom. The van der Waals surface area contributed by atoms with Gasteiger partial charge in [0.2, 0.25) is 0 Å². The monoisotopic (exact) mass is 294 g/mol. The average molecular weight is 294 g/mol. The van der Waals surface area contributed by atoms with Crippen LogP contribution in [0.2, 0.25) is 0 Å². The van der Waals surface area contributed by atoms with Crippen LogP contribution in [0.3, 0.4) is 0 Å². The van der Waals surface area contributed by atoms with Gasteiger partial charge in [-0.15, -0.1) is 0 Å². The van der Waals surface area contributed by atoms with E-state index in [9.17, 15) is 0 Å². The van der Waals surface area contributed by atoms with Gasteiger partial charge in [0.25, 0.3) is 0 Å². The SMILES string of the molecule is Cc1cc(C)n(Cc2ccc(Cn3nc(C)cc3C)cc2)n1. The van der Waals surface area contributed by atoms with Gasteiger partial charge >= 0.3 is 0 Å². The molecule has 2 aromatic heterocycles. The second kappa shape index (κ2) is 5.79. The van der Waals surface area contributed by atoms with E-state index in [2.05, 4.69) is 60.4 Å². The van der Waals surface area contributed by atoms with Crippen molar-refractivity contribution in [2.24, 2.45) is 0 Å². The van der Waals surface area contributed by atoms with Crippen molar-refractivity contribution in [2.45, 2.75) is 40.8 Å². The average Bonchev–Trinajstić information content (AvgIpc) is 2.94. The number of hydrogen-bond acceptors (Lipinski definition) is 2. The van der Waals surface area contributed by atoms with Crippen molar-refractivity contribution in [3.05, 3.63) is 70.3 Å². The second-order valence-corrected chi connectivity index (χ2v) is 5.99. The minimum absolute atomic E-state index is 0.819. The topological polar surface area (TPSA) is 35.6 Å². The fraction of sp³-hybridized carbons (Fsp3) is 0.333. The third-order valence-corrected chi connectivity index (χ3v) is 3.89. The number of nitrogens with zero attached hydrogens (tertiary/aromatic N) is 4. The fourth-order valence-corrected chi connectivity index (χ4v) is 2.77. The number of aromatic nitrogens is 4. The molecule has 0 bridgehead atoms. The summed E-state index contributed by atoms with van der Waals surface area (Å²) in [5, 5.41) is 9.03. The highest BCUT2D eigenvalue weighted by Crippen LogP contribution is 2.11. The first-order valence-electron chi connectivity index (χ1n) is 7.61. The molecule has 4 heteroatoms. The molecule has 0 N–H and O–H groups in total. The predicted octanol–water partition coefficient (Wildman–Crippen LogP) is 3.41. The Bertz CT molecular complexity index is 711. The summed E-state index contributed by atoms with van der Waals surface area (Å²) < 4.78 is 4.09. The first-order valence-corrected chi connectivity index (χ1v) is 7.61. The van der Waals surface area contributed by atoms with E-state index < -0.39 is 0 Å². The minimum Gasteiger partial charge on any atom is -0.265 e. The van der Waals surface area contributed by atoms with Crippen LogP contribution in [0.1, 0.15) is 33.9 Å². The Labute approximate surface area is 131 Å². The van der Waals surface area contributed by atoms with Crippen LogP contribution in [0.4, 0.5) is 0 Å². The summed E-state index contributed by atoms with van der Waals surface area (Å²) in [7, 11) is 0. The first-order chi connectivity index (χ1) is 10.5. The van der Waals surface area contributed by atoms with E-state index >= 15 is 0 Å². The molecule has 0 amide bonds. The van der Waals surface area contributed by atoms with Gasteiger partial charge in [0.05, 0.1) is 24.5 Å². The highest BCUT2D eigenvalue weighted by Gasteiger charge is 2.04. The van der Waals surface area contributed by atoms with Crippen molar-refractivity contribution in [2.75, 3.05) is 0 Å². The molecule has 0 aliphatic rings. The molecule has 0 fully saturated rings. The molecule has 0 aliphatic carbocycles. The Hall–Kier alpha value is -2.36. The third-order valence-electron chi connectivity index (χ3n) is 3.89. The zero-order valence-electron chi connectivity index (χ0n) is 13.7. The van der Waals surface area contributed by atoms with Gasteiger partial charge in [0.15, 0.2) is 0 Å². The van der Waals surface area contributed by atoms with Gasteiger partial charge in [0.1, 0.15) is 0 Å². The second-order valence-electron chi connectivity index (χ2n) is 5.99. The lowest BCUT2D eigenvalue weighted by atomic mass is 10.1. The molecule has 3 rings (SSSR count). The Morgan fingerprint density at radius 1 is 0.682 bits per heavy atom. The molecule has 1 aromatic carbocycles. The molecule has 22 heavy (non-hydrogen) atoms. The van der Waals surface area contributed by atoms with Crippen LogP contribution in [0.15, 0.2) is 36.4 Å². The van der Waals surface area contributed by atoms with Crippen LogP contribution in [0.5, 0.6) is 0 Å². The zero-order valence-corrected chi connectivity index (χ0v) is 13.7. The van der Waals surface area contributed by atoms with E-state index in [0.717, 1.165) is 24.5 Å². The predicted molar refractivity (Wildman–Crippen MR) is 88.0 cm³/mol. The smallest absolute Gasteiger partial charge is 0.0662 e. The lowest BCUT2D eigenvalue weighted by Gasteiger charge is -2.08. The molecule has 0 radical (unpaired) electrons. The molecule has 3 aromatic rings. The number of aryl methyl sites for hydroxylation is 4. The summed E-state index contributed by atoms with van der Waals surface area (Å²) in [5.74, 6) is 0. The molecule has 0 saturated carbocycles. The highest BCUT2D eigenvalue weighted by molar-refractivity contribution is 5.24. The molecule has 0 unspecified atom stereocenters. The number of benzene rings is 1. The largest absolute Gasteiger partial charge is 0.265 e. The van der Waals surface area contributed by atoms with Gasteiger partial charge < -0.3 is 0 Å². The summed E-state index contributed by atoms with van der Waals surface area (Å²) in [6.45, 7) is 9.89. The van der Waals surface area contributed by atoms with Crippen molar-refractivity contribution in [1.82, 2.24) is 19.6 Å².